The summed E-state index contributed by atoms with van der Waals surface area (Å²) in [5.41, 5.74) is 0. The third kappa shape index (κ3) is 41.4. The summed E-state index contributed by atoms with van der Waals surface area (Å²) in [6.07, 6.45) is 42.6. The maximum absolute atomic E-state index is 12.6. The number of esters is 2. The van der Waals surface area contributed by atoms with Gasteiger partial charge in [0, 0.05) is 12.8 Å². The van der Waals surface area contributed by atoms with Gasteiger partial charge in [0.2, 0.25) is 0 Å². The van der Waals surface area contributed by atoms with Crippen molar-refractivity contribution < 1.29 is 47.2 Å². The summed E-state index contributed by atoms with van der Waals surface area (Å²) in [5, 5.41) is 10.0. The van der Waals surface area contributed by atoms with Crippen LogP contribution < -0.4 is 4.89 Å². The van der Waals surface area contributed by atoms with Crippen LogP contribution in [0, 0.1) is 0 Å². The molecule has 0 spiro atoms. The summed E-state index contributed by atoms with van der Waals surface area (Å²) in [4.78, 5) is 37.5. The van der Waals surface area contributed by atoms with Gasteiger partial charge in [-0.1, -0.05) is 164 Å². The zero-order valence-electron chi connectivity index (χ0n) is 36.4. The number of ether oxygens (including phenoxy) is 2. The van der Waals surface area contributed by atoms with Gasteiger partial charge >= 0.3 is 11.9 Å². The highest BCUT2D eigenvalue weighted by Crippen LogP contribution is 2.38. The van der Waals surface area contributed by atoms with E-state index in [2.05, 4.69) is 32.1 Å². The Morgan fingerprint density at radius 2 is 1.23 bits per heavy atom. The fourth-order valence-electron chi connectivity index (χ4n) is 5.41. The molecule has 0 aliphatic rings. The molecule has 328 valence electrons. The van der Waals surface area contributed by atoms with Crippen molar-refractivity contribution in [2.45, 2.75) is 161 Å². The van der Waals surface area contributed by atoms with E-state index in [-0.39, 0.29) is 26.1 Å². The van der Waals surface area contributed by atoms with Crippen LogP contribution in [-0.4, -0.2) is 81.2 Å². The second-order valence-corrected chi connectivity index (χ2v) is 16.9. The van der Waals surface area contributed by atoms with Crippen LogP contribution in [0.1, 0.15) is 149 Å². The van der Waals surface area contributed by atoms with Gasteiger partial charge in [0.15, 0.2) is 6.10 Å². The number of nitrogens with zero attached hydrogens (tertiary/aromatic N) is 1. The predicted molar refractivity (Wildman–Crippen MR) is 232 cm³/mol. The van der Waals surface area contributed by atoms with Crippen molar-refractivity contribution in [3.05, 3.63) is 72.9 Å². The molecule has 11 heteroatoms. The Morgan fingerprint density at radius 1 is 0.667 bits per heavy atom. The Bertz CT molecular complexity index is 1220. The van der Waals surface area contributed by atoms with E-state index in [1.54, 1.807) is 6.08 Å². The number of hydrogen-bond donors (Lipinski definition) is 1. The average molecular weight is 822 g/mol. The fraction of sp³-hybridized carbons (Fsp3) is 0.696. The van der Waals surface area contributed by atoms with Crippen LogP contribution >= 0.6 is 7.82 Å². The second kappa shape index (κ2) is 37.7. The zero-order valence-corrected chi connectivity index (χ0v) is 37.3. The minimum Gasteiger partial charge on any atom is -0.756 e. The van der Waals surface area contributed by atoms with Gasteiger partial charge in [-0.05, 0) is 44.9 Å². The molecule has 1 N–H and O–H groups in total. The molecule has 0 aromatic carbocycles. The Hall–Kier alpha value is -2.59. The highest BCUT2D eigenvalue weighted by molar-refractivity contribution is 7.45. The van der Waals surface area contributed by atoms with Crippen LogP contribution in [-0.2, 0) is 32.7 Å². The minimum atomic E-state index is -4.65. The van der Waals surface area contributed by atoms with Crippen molar-refractivity contribution >= 4 is 19.8 Å². The second-order valence-electron chi connectivity index (χ2n) is 15.5. The van der Waals surface area contributed by atoms with Crippen LogP contribution in [0.3, 0.4) is 0 Å². The van der Waals surface area contributed by atoms with Crippen molar-refractivity contribution in [3.63, 3.8) is 0 Å². The first-order valence-electron chi connectivity index (χ1n) is 21.8. The maximum atomic E-state index is 12.6. The zero-order chi connectivity index (χ0) is 42.3. The fourth-order valence-corrected chi connectivity index (χ4v) is 6.14. The summed E-state index contributed by atoms with van der Waals surface area (Å²) in [7, 11) is 1.09. The van der Waals surface area contributed by atoms with E-state index < -0.39 is 38.6 Å². The molecule has 2 unspecified atom stereocenters. The van der Waals surface area contributed by atoms with Crippen LogP contribution in [0.5, 0.6) is 0 Å². The molecule has 0 saturated heterocycles. The number of quaternary nitrogens is 1. The summed E-state index contributed by atoms with van der Waals surface area (Å²) < 4.78 is 33.7. The number of rotatable bonds is 38. The van der Waals surface area contributed by atoms with E-state index in [4.69, 9.17) is 18.5 Å². The molecule has 0 aromatic heterocycles. The molecule has 0 aromatic rings. The third-order valence-electron chi connectivity index (χ3n) is 8.83. The van der Waals surface area contributed by atoms with Gasteiger partial charge in [0.1, 0.15) is 19.8 Å². The van der Waals surface area contributed by atoms with Crippen molar-refractivity contribution in [2.24, 2.45) is 0 Å². The van der Waals surface area contributed by atoms with Gasteiger partial charge < -0.3 is 33.0 Å². The lowest BCUT2D eigenvalue weighted by Crippen LogP contribution is -2.37. The Balaban J connectivity index is 4.54. The monoisotopic (exact) mass is 822 g/mol. The Morgan fingerprint density at radius 3 is 1.84 bits per heavy atom. The van der Waals surface area contributed by atoms with E-state index in [1.165, 1.54) is 57.8 Å². The summed E-state index contributed by atoms with van der Waals surface area (Å²) in [6.45, 7) is 3.93. The molecular formula is C46H80NO9P. The van der Waals surface area contributed by atoms with E-state index in [0.717, 1.165) is 44.9 Å². The first-order chi connectivity index (χ1) is 27.4. The number of hydrogen-bond acceptors (Lipinski definition) is 9. The molecule has 0 radical (unpaired) electrons. The highest BCUT2D eigenvalue weighted by atomic mass is 31.2. The molecule has 0 rings (SSSR count). The average Bonchev–Trinajstić information content (AvgIpc) is 3.15. The standard InChI is InChI=1S/C46H80NO9P/c1-6-8-10-12-14-15-16-17-18-23-26-30-34-38-46(50)56-44(42-55-57(51,52)54-40-39-47(3,4)5)41-53-45(49)37-33-29-25-22-20-19-21-24-28-32-36-43(48)35-31-27-13-11-9-7-2/h9,11,19-20,24-25,27-29,31-32,36,43-44,48H,6-8,10,12-18,21-23,26,30,33-35,37-42H2,1-5H3/b11-9-,20-19-,28-24-,29-25-,31-27-,36-32+/t43?,44-/m1/s1. The smallest absolute Gasteiger partial charge is 0.306 e. The van der Waals surface area contributed by atoms with Gasteiger partial charge in [-0.3, -0.25) is 14.2 Å². The molecule has 0 aliphatic heterocycles. The molecule has 0 fully saturated rings. The molecule has 0 aliphatic carbocycles. The molecule has 0 saturated carbocycles. The molecular weight excluding hydrogens is 741 g/mol. The Labute approximate surface area is 347 Å². The van der Waals surface area contributed by atoms with E-state index in [9.17, 15) is 24.2 Å². The normalized spacial score (nSPS) is 14.9. The number of phosphoric ester groups is 1. The molecule has 3 atom stereocenters. The van der Waals surface area contributed by atoms with Gasteiger partial charge in [-0.15, -0.1) is 0 Å². The van der Waals surface area contributed by atoms with Crippen molar-refractivity contribution in [3.8, 4) is 0 Å². The lowest BCUT2D eigenvalue weighted by molar-refractivity contribution is -0.870. The third-order valence-corrected chi connectivity index (χ3v) is 9.80. The minimum absolute atomic E-state index is 0.0527. The van der Waals surface area contributed by atoms with Crippen LogP contribution in [0.15, 0.2) is 72.9 Å². The molecule has 0 heterocycles. The highest BCUT2D eigenvalue weighted by Gasteiger charge is 2.21. The van der Waals surface area contributed by atoms with Gasteiger partial charge in [-0.2, -0.15) is 0 Å². The van der Waals surface area contributed by atoms with Gasteiger partial charge in [0.25, 0.3) is 7.82 Å². The van der Waals surface area contributed by atoms with Crippen LogP contribution in [0.25, 0.3) is 0 Å². The molecule has 0 amide bonds. The van der Waals surface area contributed by atoms with E-state index >= 15 is 0 Å². The van der Waals surface area contributed by atoms with Gasteiger partial charge in [-0.25, -0.2) is 0 Å². The van der Waals surface area contributed by atoms with Crippen LogP contribution in [0.4, 0.5) is 0 Å². The number of aliphatic hydroxyl groups is 1. The molecule has 0 bridgehead atoms. The number of aliphatic hydroxyl groups excluding tert-OH is 1. The lowest BCUT2D eigenvalue weighted by atomic mass is 10.0. The predicted octanol–water partition coefficient (Wildman–Crippen LogP) is 10.6. The number of unbranched alkanes of at least 4 members (excludes halogenated alkanes) is 12. The molecule has 10 nitrogen and oxygen atoms in total. The lowest BCUT2D eigenvalue weighted by Gasteiger charge is -2.28. The SMILES string of the molecule is CC/C=C\C/C=C\CC(O)/C=C/C=C\C/C=C\C/C=C\CCC(=O)OC[C@H](COP(=O)([O-])OCC[N+](C)(C)C)OC(=O)CCCCCCCCCCCCCCC. The van der Waals surface area contributed by atoms with Crippen molar-refractivity contribution in [2.75, 3.05) is 47.5 Å². The summed E-state index contributed by atoms with van der Waals surface area (Å²) in [5.74, 6) is -0.966. The number of carbonyl (C=O) groups excluding carboxylic acids is 2. The van der Waals surface area contributed by atoms with Gasteiger partial charge in [0.05, 0.1) is 33.9 Å². The summed E-state index contributed by atoms with van der Waals surface area (Å²) >= 11 is 0. The maximum Gasteiger partial charge on any atom is 0.306 e. The molecule has 57 heavy (non-hydrogen) atoms. The van der Waals surface area contributed by atoms with E-state index in [1.807, 2.05) is 69.8 Å². The van der Waals surface area contributed by atoms with Crippen molar-refractivity contribution in [1.29, 1.82) is 0 Å². The van der Waals surface area contributed by atoms with Crippen LogP contribution in [0.2, 0.25) is 0 Å². The number of carbonyl (C=O) groups is 2. The topological polar surface area (TPSA) is 131 Å². The number of phosphoric acid groups is 1. The number of allylic oxidation sites excluding steroid dienone is 10. The first-order valence-corrected chi connectivity index (χ1v) is 23.2. The number of likely N-dealkylation sites (N-methyl/N-ethyl adjacent to an activating group) is 1. The van der Waals surface area contributed by atoms with Crippen molar-refractivity contribution in [1.82, 2.24) is 0 Å². The van der Waals surface area contributed by atoms with E-state index in [0.29, 0.717) is 30.3 Å². The Kier molecular flexibility index (Phi) is 36.0. The largest absolute Gasteiger partial charge is 0.756 e. The first kappa shape index (κ1) is 54.4. The summed E-state index contributed by atoms with van der Waals surface area (Å²) in [6, 6.07) is 0. The quantitative estimate of drug-likeness (QED) is 0.0161.